The number of amides is 2. The summed E-state index contributed by atoms with van der Waals surface area (Å²) in [5.41, 5.74) is 2.48. The molecule has 2 aromatic carbocycles. The lowest BCUT2D eigenvalue weighted by molar-refractivity contribution is 0.0886. The molecule has 1 aliphatic rings. The molecule has 0 spiro atoms. The number of hydrogen-bond donors (Lipinski definition) is 0. The first-order valence-corrected chi connectivity index (χ1v) is 7.61. The summed E-state index contributed by atoms with van der Waals surface area (Å²) in [6.07, 6.45) is 0. The number of hydrogen-bond acceptors (Lipinski definition) is 3. The topological polar surface area (TPSA) is 59.4 Å². The normalized spacial score (nSPS) is 13.7. The quantitative estimate of drug-likeness (QED) is 0.539. The minimum Gasteiger partial charge on any atom is -0.293 e. The Hall–Kier alpha value is -3.21. The number of ketones is 1. The average Bonchev–Trinajstić information content (AvgIpc) is 3.01. The molecule has 5 heteroatoms. The van der Waals surface area contributed by atoms with Crippen molar-refractivity contribution < 1.29 is 14.4 Å². The number of aryl methyl sites for hydroxylation is 1. The molecule has 0 saturated carbocycles. The zero-order valence-electron chi connectivity index (χ0n) is 13.2. The van der Waals surface area contributed by atoms with Gasteiger partial charge in [-0.1, -0.05) is 30.3 Å². The molecule has 0 aliphatic carbocycles. The van der Waals surface area contributed by atoms with Gasteiger partial charge in [-0.2, -0.15) is 5.01 Å². The Morgan fingerprint density at radius 1 is 0.875 bits per heavy atom. The number of imide groups is 1. The Morgan fingerprint density at radius 2 is 1.42 bits per heavy atom. The minimum atomic E-state index is -0.418. The molecule has 1 aromatic heterocycles. The van der Waals surface area contributed by atoms with Crippen LogP contribution in [0.2, 0.25) is 0 Å². The van der Waals surface area contributed by atoms with Gasteiger partial charge in [0.1, 0.15) is 5.69 Å². The number of Topliss-reactive ketones (excluding diaryl/α,β-unsaturated/α-hetero) is 1. The van der Waals surface area contributed by atoms with Gasteiger partial charge in [0.2, 0.25) is 0 Å². The first kappa shape index (κ1) is 14.4. The van der Waals surface area contributed by atoms with Gasteiger partial charge in [-0.25, -0.2) is 4.68 Å². The van der Waals surface area contributed by atoms with Crippen molar-refractivity contribution in [2.75, 3.05) is 5.01 Å². The first-order chi connectivity index (χ1) is 11.5. The van der Waals surface area contributed by atoms with Crippen molar-refractivity contribution in [2.45, 2.75) is 13.8 Å². The lowest BCUT2D eigenvalue weighted by Gasteiger charge is -2.19. The van der Waals surface area contributed by atoms with Gasteiger partial charge in [-0.05, 0) is 30.7 Å². The molecular weight excluding hydrogens is 304 g/mol. The standard InChI is InChI=1S/C19H14N2O3/c1-11-13-7-5-6-10-16(13)20(17(11)12(2)22)21-18(23)14-8-3-4-9-15(14)19(21)24/h3-10H,1-2H3. The second kappa shape index (κ2) is 4.89. The van der Waals surface area contributed by atoms with Crippen LogP contribution in [-0.4, -0.2) is 22.3 Å². The third kappa shape index (κ3) is 1.72. The number of para-hydroxylation sites is 1. The van der Waals surface area contributed by atoms with Crippen LogP contribution in [0.25, 0.3) is 10.9 Å². The molecule has 3 aromatic rings. The maximum Gasteiger partial charge on any atom is 0.281 e. The molecule has 2 heterocycles. The summed E-state index contributed by atoms with van der Waals surface area (Å²) in [7, 11) is 0. The van der Waals surface area contributed by atoms with E-state index in [1.54, 1.807) is 30.3 Å². The number of carbonyl (C=O) groups is 3. The number of nitrogens with zero attached hydrogens (tertiary/aromatic N) is 2. The van der Waals surface area contributed by atoms with Crippen LogP contribution in [0.5, 0.6) is 0 Å². The molecule has 118 valence electrons. The summed E-state index contributed by atoms with van der Waals surface area (Å²) in [6, 6.07) is 14.1. The zero-order chi connectivity index (χ0) is 17.0. The van der Waals surface area contributed by atoms with Crippen LogP contribution in [0.4, 0.5) is 0 Å². The number of rotatable bonds is 2. The molecule has 24 heavy (non-hydrogen) atoms. The van der Waals surface area contributed by atoms with E-state index < -0.39 is 11.8 Å². The SMILES string of the molecule is CC(=O)c1c(C)c2ccccc2n1N1C(=O)c2ccccc2C1=O. The molecule has 0 fully saturated rings. The van der Waals surface area contributed by atoms with Gasteiger partial charge in [0.05, 0.1) is 16.6 Å². The molecule has 0 N–H and O–H groups in total. The lowest BCUT2D eigenvalue weighted by atomic mass is 10.1. The van der Waals surface area contributed by atoms with Gasteiger partial charge >= 0.3 is 0 Å². The summed E-state index contributed by atoms with van der Waals surface area (Å²) >= 11 is 0. The van der Waals surface area contributed by atoms with Crippen LogP contribution in [0.1, 0.15) is 43.7 Å². The molecule has 0 saturated heterocycles. The van der Waals surface area contributed by atoms with Crippen molar-refractivity contribution in [3.05, 3.63) is 70.9 Å². The number of benzene rings is 2. The zero-order valence-corrected chi connectivity index (χ0v) is 13.2. The van der Waals surface area contributed by atoms with Crippen molar-refractivity contribution in [1.29, 1.82) is 0 Å². The van der Waals surface area contributed by atoms with Crippen LogP contribution in [0.15, 0.2) is 48.5 Å². The first-order valence-electron chi connectivity index (χ1n) is 7.61. The molecule has 1 aliphatic heterocycles. The Kier molecular flexibility index (Phi) is 2.93. The second-order valence-electron chi connectivity index (χ2n) is 5.83. The van der Waals surface area contributed by atoms with E-state index in [4.69, 9.17) is 0 Å². The number of fused-ring (bicyclic) bond motifs is 2. The average molecular weight is 318 g/mol. The lowest BCUT2D eigenvalue weighted by Crippen LogP contribution is -2.41. The maximum atomic E-state index is 12.8. The van der Waals surface area contributed by atoms with E-state index in [1.165, 1.54) is 11.6 Å². The van der Waals surface area contributed by atoms with Gasteiger partial charge in [0.15, 0.2) is 5.78 Å². The Morgan fingerprint density at radius 3 is 2.00 bits per heavy atom. The predicted molar refractivity (Wildman–Crippen MR) is 90.0 cm³/mol. The smallest absolute Gasteiger partial charge is 0.281 e. The molecule has 4 rings (SSSR count). The van der Waals surface area contributed by atoms with Crippen LogP contribution >= 0.6 is 0 Å². The summed E-state index contributed by atoms with van der Waals surface area (Å²) < 4.78 is 1.46. The molecule has 0 radical (unpaired) electrons. The van der Waals surface area contributed by atoms with E-state index >= 15 is 0 Å². The predicted octanol–water partition coefficient (Wildman–Crippen LogP) is 3.08. The molecule has 2 amide bonds. The van der Waals surface area contributed by atoms with Gasteiger partial charge < -0.3 is 0 Å². The summed E-state index contributed by atoms with van der Waals surface area (Å²) in [5.74, 6) is -1.03. The maximum absolute atomic E-state index is 12.8. The molecular formula is C19H14N2O3. The van der Waals surface area contributed by atoms with Crippen molar-refractivity contribution in [2.24, 2.45) is 0 Å². The Bertz CT molecular complexity index is 1010. The van der Waals surface area contributed by atoms with Gasteiger partial charge in [0, 0.05) is 12.3 Å². The van der Waals surface area contributed by atoms with Gasteiger partial charge in [-0.15, -0.1) is 0 Å². The largest absolute Gasteiger partial charge is 0.293 e. The molecule has 5 nitrogen and oxygen atoms in total. The van der Waals surface area contributed by atoms with Crippen LogP contribution in [-0.2, 0) is 0 Å². The van der Waals surface area contributed by atoms with Crippen LogP contribution in [0.3, 0.4) is 0 Å². The molecule has 0 bridgehead atoms. The van der Waals surface area contributed by atoms with E-state index in [-0.39, 0.29) is 5.78 Å². The second-order valence-corrected chi connectivity index (χ2v) is 5.83. The summed E-state index contributed by atoms with van der Waals surface area (Å²) in [5, 5.41) is 1.91. The van der Waals surface area contributed by atoms with Crippen LogP contribution in [0, 0.1) is 6.92 Å². The highest BCUT2D eigenvalue weighted by atomic mass is 16.2. The fourth-order valence-electron chi connectivity index (χ4n) is 3.36. The van der Waals surface area contributed by atoms with Crippen molar-refractivity contribution in [1.82, 2.24) is 4.68 Å². The van der Waals surface area contributed by atoms with Crippen LogP contribution < -0.4 is 5.01 Å². The minimum absolute atomic E-state index is 0.194. The summed E-state index contributed by atoms with van der Waals surface area (Å²) in [6.45, 7) is 3.27. The fraction of sp³-hybridized carbons (Fsp3) is 0.105. The monoisotopic (exact) mass is 318 g/mol. The summed E-state index contributed by atoms with van der Waals surface area (Å²) in [4.78, 5) is 37.8. The van der Waals surface area contributed by atoms with Crippen molar-refractivity contribution >= 4 is 28.5 Å². The third-order valence-corrected chi connectivity index (χ3v) is 4.41. The van der Waals surface area contributed by atoms with Gasteiger partial charge in [-0.3, -0.25) is 14.4 Å². The number of aromatic nitrogens is 1. The van der Waals surface area contributed by atoms with Gasteiger partial charge in [0.25, 0.3) is 11.8 Å². The molecule has 0 unspecified atom stereocenters. The van der Waals surface area contributed by atoms with E-state index in [0.29, 0.717) is 22.3 Å². The highest BCUT2D eigenvalue weighted by Crippen LogP contribution is 2.30. The van der Waals surface area contributed by atoms with E-state index in [0.717, 1.165) is 16.0 Å². The Balaban J connectivity index is 2.05. The third-order valence-electron chi connectivity index (χ3n) is 4.41. The van der Waals surface area contributed by atoms with Crippen molar-refractivity contribution in [3.8, 4) is 0 Å². The number of carbonyl (C=O) groups excluding carboxylic acids is 3. The Labute approximate surface area is 138 Å². The van der Waals surface area contributed by atoms with Crippen molar-refractivity contribution in [3.63, 3.8) is 0 Å². The fourth-order valence-corrected chi connectivity index (χ4v) is 3.36. The van der Waals surface area contributed by atoms with E-state index in [9.17, 15) is 14.4 Å². The highest BCUT2D eigenvalue weighted by Gasteiger charge is 2.39. The molecule has 0 atom stereocenters. The van der Waals surface area contributed by atoms with E-state index in [1.807, 2.05) is 25.1 Å². The van der Waals surface area contributed by atoms with E-state index in [2.05, 4.69) is 0 Å². The highest BCUT2D eigenvalue weighted by molar-refractivity contribution is 6.31.